The number of aromatic nitrogens is 1. The normalized spacial score (nSPS) is 16.0. The number of piperidine rings is 1. The number of aliphatic hydroxyl groups is 1. The molecule has 1 saturated heterocycles. The summed E-state index contributed by atoms with van der Waals surface area (Å²) in [5.74, 6) is -1.49. The molecule has 2 fully saturated rings. The minimum atomic E-state index is -1.33. The summed E-state index contributed by atoms with van der Waals surface area (Å²) in [5.41, 5.74) is -1.09. The van der Waals surface area contributed by atoms with Gasteiger partial charge in [0.05, 0.1) is 5.69 Å². The summed E-state index contributed by atoms with van der Waals surface area (Å²) < 4.78 is 33.8. The number of halogens is 2. The van der Waals surface area contributed by atoms with Crippen molar-refractivity contribution < 1.29 is 33.0 Å². The summed E-state index contributed by atoms with van der Waals surface area (Å²) in [6.45, 7) is 1.19. The van der Waals surface area contributed by atoms with Crippen LogP contribution in [-0.4, -0.2) is 52.5 Å². The topological polar surface area (TPSA) is 133 Å². The molecule has 41 heavy (non-hydrogen) atoms. The van der Waals surface area contributed by atoms with Crippen molar-refractivity contribution in [3.05, 3.63) is 72.4 Å². The Kier molecular flexibility index (Phi) is 8.11. The molecular weight excluding hydrogens is 536 g/mol. The van der Waals surface area contributed by atoms with Crippen LogP contribution >= 0.6 is 0 Å². The van der Waals surface area contributed by atoms with E-state index in [0.717, 1.165) is 18.9 Å². The summed E-state index contributed by atoms with van der Waals surface area (Å²) in [5, 5.41) is 17.1. The van der Waals surface area contributed by atoms with Crippen molar-refractivity contribution in [1.82, 2.24) is 9.88 Å². The number of hydrogen-bond acceptors (Lipinski definition) is 6. The molecule has 4 N–H and O–H groups in total. The fraction of sp³-hybridized carbons (Fsp3) is 0.310. The standard InChI is InChI=1S/C29H29F2N5O5/c30-19-1-3-20(4-2-19)33-26(38)29(10-11-29)27(39)34-24-6-5-21(15-23(24)31)41-22-7-12-32-25(16-22)35-28(40)36-13-8-18(17-37)9-14-36/h1-7,12,15-16,18,37H,8-11,13-14,17H2,(H,33,38)(H,34,39)(H,32,35,40). The Morgan fingerprint density at radius 1 is 0.927 bits per heavy atom. The van der Waals surface area contributed by atoms with Crippen molar-refractivity contribution in [2.75, 3.05) is 35.6 Å². The van der Waals surface area contributed by atoms with E-state index in [-0.39, 0.29) is 35.8 Å². The van der Waals surface area contributed by atoms with Gasteiger partial charge in [0.2, 0.25) is 11.8 Å². The van der Waals surface area contributed by atoms with Gasteiger partial charge in [0, 0.05) is 43.7 Å². The van der Waals surface area contributed by atoms with Crippen molar-refractivity contribution in [3.63, 3.8) is 0 Å². The number of rotatable bonds is 8. The number of benzene rings is 2. The van der Waals surface area contributed by atoms with Crippen LogP contribution in [0, 0.1) is 23.0 Å². The molecule has 214 valence electrons. The Labute approximate surface area is 234 Å². The molecule has 5 rings (SSSR count). The summed E-state index contributed by atoms with van der Waals surface area (Å²) in [6, 6.07) is 11.8. The lowest BCUT2D eigenvalue weighted by molar-refractivity contribution is -0.131. The van der Waals surface area contributed by atoms with E-state index in [1.807, 2.05) is 0 Å². The number of ether oxygens (including phenoxy) is 1. The molecule has 3 aromatic rings. The monoisotopic (exact) mass is 565 g/mol. The number of aliphatic hydroxyl groups excluding tert-OH is 1. The molecule has 0 atom stereocenters. The molecular formula is C29H29F2N5O5. The van der Waals surface area contributed by atoms with Crippen molar-refractivity contribution in [2.24, 2.45) is 11.3 Å². The molecule has 12 heteroatoms. The molecule has 1 saturated carbocycles. The third-order valence-corrected chi connectivity index (χ3v) is 7.27. The molecule has 0 unspecified atom stereocenters. The first kappa shape index (κ1) is 28.0. The zero-order chi connectivity index (χ0) is 29.0. The molecule has 0 radical (unpaired) electrons. The van der Waals surface area contributed by atoms with Crippen LogP contribution in [0.25, 0.3) is 0 Å². The molecule has 2 aliphatic rings. The number of nitrogens with zero attached hydrogens (tertiary/aromatic N) is 2. The number of pyridine rings is 1. The number of likely N-dealkylation sites (tertiary alicyclic amines) is 1. The zero-order valence-electron chi connectivity index (χ0n) is 22.0. The van der Waals surface area contributed by atoms with E-state index >= 15 is 0 Å². The van der Waals surface area contributed by atoms with Gasteiger partial charge in [0.25, 0.3) is 0 Å². The van der Waals surface area contributed by atoms with Crippen LogP contribution in [0.2, 0.25) is 0 Å². The number of urea groups is 1. The van der Waals surface area contributed by atoms with E-state index in [1.165, 1.54) is 48.7 Å². The quantitative estimate of drug-likeness (QED) is 0.292. The molecule has 0 spiro atoms. The summed E-state index contributed by atoms with van der Waals surface area (Å²) in [4.78, 5) is 44.0. The Hall–Kier alpha value is -4.58. The maximum atomic E-state index is 14.9. The van der Waals surface area contributed by atoms with Crippen molar-refractivity contribution >= 4 is 35.0 Å². The van der Waals surface area contributed by atoms with Crippen LogP contribution in [0.15, 0.2) is 60.8 Å². The second-order valence-corrected chi connectivity index (χ2v) is 10.2. The van der Waals surface area contributed by atoms with Crippen LogP contribution in [-0.2, 0) is 9.59 Å². The van der Waals surface area contributed by atoms with Crippen molar-refractivity contribution in [1.29, 1.82) is 0 Å². The molecule has 2 aromatic carbocycles. The second kappa shape index (κ2) is 11.9. The van der Waals surface area contributed by atoms with E-state index in [9.17, 15) is 28.3 Å². The molecule has 1 aliphatic carbocycles. The lowest BCUT2D eigenvalue weighted by atomic mass is 9.98. The average molecular weight is 566 g/mol. The largest absolute Gasteiger partial charge is 0.457 e. The van der Waals surface area contributed by atoms with Crippen molar-refractivity contribution in [2.45, 2.75) is 25.7 Å². The van der Waals surface area contributed by atoms with Gasteiger partial charge in [-0.2, -0.15) is 0 Å². The number of anilines is 3. The summed E-state index contributed by atoms with van der Waals surface area (Å²) >= 11 is 0. The zero-order valence-corrected chi connectivity index (χ0v) is 22.0. The van der Waals surface area contributed by atoms with Crippen LogP contribution in [0.5, 0.6) is 11.5 Å². The fourth-order valence-electron chi connectivity index (χ4n) is 4.56. The lowest BCUT2D eigenvalue weighted by Crippen LogP contribution is -2.41. The highest BCUT2D eigenvalue weighted by Crippen LogP contribution is 2.47. The molecule has 1 aliphatic heterocycles. The van der Waals surface area contributed by atoms with E-state index in [1.54, 1.807) is 11.0 Å². The third kappa shape index (κ3) is 6.60. The van der Waals surface area contributed by atoms with Gasteiger partial charge >= 0.3 is 6.03 Å². The van der Waals surface area contributed by atoms with Crippen LogP contribution in [0.1, 0.15) is 25.7 Å². The first-order valence-corrected chi connectivity index (χ1v) is 13.2. The van der Waals surface area contributed by atoms with Crippen LogP contribution < -0.4 is 20.7 Å². The first-order chi connectivity index (χ1) is 19.8. The lowest BCUT2D eigenvalue weighted by Gasteiger charge is -2.30. The number of carbonyl (C=O) groups excluding carboxylic acids is 3. The Morgan fingerprint density at radius 3 is 2.27 bits per heavy atom. The smallest absolute Gasteiger partial charge is 0.323 e. The molecule has 1 aromatic heterocycles. The minimum absolute atomic E-state index is 0.112. The van der Waals surface area contributed by atoms with E-state index in [2.05, 4.69) is 20.9 Å². The number of nitrogens with one attached hydrogen (secondary N) is 3. The molecule has 4 amide bonds. The van der Waals surface area contributed by atoms with Crippen LogP contribution in [0.3, 0.4) is 0 Å². The predicted molar refractivity (Wildman–Crippen MR) is 146 cm³/mol. The van der Waals surface area contributed by atoms with Gasteiger partial charge in [0.15, 0.2) is 0 Å². The van der Waals surface area contributed by atoms with Crippen molar-refractivity contribution in [3.8, 4) is 11.5 Å². The van der Waals surface area contributed by atoms with Gasteiger partial charge in [-0.1, -0.05) is 0 Å². The maximum Gasteiger partial charge on any atom is 0.323 e. The van der Waals surface area contributed by atoms with Gasteiger partial charge in [-0.05, 0) is 74.1 Å². The molecule has 2 heterocycles. The Bertz CT molecular complexity index is 1440. The second-order valence-electron chi connectivity index (χ2n) is 10.2. The SMILES string of the molecule is O=C(Nc1cc(Oc2ccc(NC(=O)C3(C(=O)Nc4ccc(F)cc4)CC3)c(F)c2)ccn1)N1CCC(CO)CC1. The predicted octanol–water partition coefficient (Wildman–Crippen LogP) is 4.75. The van der Waals surface area contributed by atoms with E-state index in [0.29, 0.717) is 37.4 Å². The summed E-state index contributed by atoms with van der Waals surface area (Å²) in [7, 11) is 0. The van der Waals surface area contributed by atoms with E-state index < -0.39 is 28.9 Å². The van der Waals surface area contributed by atoms with Crippen LogP contribution in [0.4, 0.5) is 30.8 Å². The van der Waals surface area contributed by atoms with Gasteiger partial charge in [-0.15, -0.1) is 0 Å². The van der Waals surface area contributed by atoms with Gasteiger partial charge in [-0.3, -0.25) is 14.9 Å². The van der Waals surface area contributed by atoms with Gasteiger partial charge < -0.3 is 25.4 Å². The molecule has 0 bridgehead atoms. The molecule has 10 nitrogen and oxygen atoms in total. The average Bonchev–Trinajstić information content (AvgIpc) is 3.78. The number of hydrogen-bond donors (Lipinski definition) is 4. The summed E-state index contributed by atoms with van der Waals surface area (Å²) in [6.07, 6.45) is 3.51. The highest BCUT2D eigenvalue weighted by atomic mass is 19.1. The minimum Gasteiger partial charge on any atom is -0.457 e. The first-order valence-electron chi connectivity index (χ1n) is 13.2. The van der Waals surface area contributed by atoms with Gasteiger partial charge in [0.1, 0.15) is 34.4 Å². The number of amides is 4. The van der Waals surface area contributed by atoms with E-state index in [4.69, 9.17) is 4.74 Å². The highest BCUT2D eigenvalue weighted by Gasteiger charge is 2.56. The highest BCUT2D eigenvalue weighted by molar-refractivity contribution is 6.16. The van der Waals surface area contributed by atoms with Gasteiger partial charge in [-0.25, -0.2) is 18.6 Å². The Morgan fingerprint density at radius 2 is 1.61 bits per heavy atom. The maximum absolute atomic E-state index is 14.9. The fourth-order valence-corrected chi connectivity index (χ4v) is 4.56. The third-order valence-electron chi connectivity index (χ3n) is 7.27. The number of carbonyl (C=O) groups is 3. The Balaban J connectivity index is 1.17.